The molecule has 0 saturated carbocycles. The number of hydrogen-bond acceptors (Lipinski definition) is 1. The van der Waals surface area contributed by atoms with E-state index in [2.05, 4.69) is 82.1 Å². The van der Waals surface area contributed by atoms with Crippen LogP contribution in [0, 0.1) is 6.92 Å². The Morgan fingerprint density at radius 1 is 1.05 bits per heavy atom. The Kier molecular flexibility index (Phi) is 5.67. The van der Waals surface area contributed by atoms with Gasteiger partial charge in [-0.25, -0.2) is 0 Å². The van der Waals surface area contributed by atoms with Gasteiger partial charge in [0.05, 0.1) is 15.9 Å². The number of ether oxygens (including phenoxy) is 1. The molecule has 0 radical (unpaired) electrons. The first-order valence-electron chi connectivity index (χ1n) is 6.74. The van der Waals surface area contributed by atoms with Crippen LogP contribution in [-0.2, 0) is 0 Å². The fourth-order valence-corrected chi connectivity index (χ4v) is 3.03. The Balaban J connectivity index is 2.20. The zero-order chi connectivity index (χ0) is 14.5. The van der Waals surface area contributed by atoms with Gasteiger partial charge in [0.2, 0.25) is 0 Å². The highest BCUT2D eigenvalue weighted by Gasteiger charge is 2.12. The Morgan fingerprint density at radius 3 is 2.30 bits per heavy atom. The summed E-state index contributed by atoms with van der Waals surface area (Å²) >= 11 is 7.35. The predicted molar refractivity (Wildman–Crippen MR) is 91.9 cm³/mol. The monoisotopic (exact) mass is 396 g/mol. The lowest BCUT2D eigenvalue weighted by Gasteiger charge is -2.14. The zero-order valence-corrected chi connectivity index (χ0v) is 14.9. The van der Waals surface area contributed by atoms with Crippen molar-refractivity contribution in [3.63, 3.8) is 0 Å². The van der Waals surface area contributed by atoms with Crippen molar-refractivity contribution in [3.8, 4) is 5.75 Å². The number of halogens is 2. The molecule has 0 aliphatic heterocycles. The SMILES string of the molecule is CCCOc1ccc(C(Br)c2ccc(C)cc2)cc1Br. The summed E-state index contributed by atoms with van der Waals surface area (Å²) in [4.78, 5) is 0.194. The van der Waals surface area contributed by atoms with E-state index in [0.29, 0.717) is 0 Å². The lowest BCUT2D eigenvalue weighted by Crippen LogP contribution is -1.98. The second-order valence-electron chi connectivity index (χ2n) is 4.81. The molecule has 20 heavy (non-hydrogen) atoms. The summed E-state index contributed by atoms with van der Waals surface area (Å²) in [5, 5.41) is 0. The van der Waals surface area contributed by atoms with Crippen molar-refractivity contribution >= 4 is 31.9 Å². The number of aryl methyl sites for hydroxylation is 1. The first-order valence-corrected chi connectivity index (χ1v) is 8.45. The molecule has 0 bridgehead atoms. The number of benzene rings is 2. The Bertz CT molecular complexity index is 564. The molecule has 0 spiro atoms. The molecule has 0 aliphatic rings. The van der Waals surface area contributed by atoms with Crippen LogP contribution in [0.2, 0.25) is 0 Å². The molecule has 2 rings (SSSR count). The van der Waals surface area contributed by atoms with Gasteiger partial charge in [0, 0.05) is 0 Å². The van der Waals surface area contributed by atoms with E-state index < -0.39 is 0 Å². The highest BCUT2D eigenvalue weighted by atomic mass is 79.9. The van der Waals surface area contributed by atoms with E-state index in [1.54, 1.807) is 0 Å². The molecule has 0 aliphatic carbocycles. The van der Waals surface area contributed by atoms with Gasteiger partial charge in [-0.2, -0.15) is 0 Å². The second kappa shape index (κ2) is 7.28. The van der Waals surface area contributed by atoms with Gasteiger partial charge in [-0.05, 0) is 52.5 Å². The van der Waals surface area contributed by atoms with Crippen LogP contribution in [0.1, 0.15) is 34.9 Å². The molecule has 0 heterocycles. The normalized spacial score (nSPS) is 12.2. The molecule has 0 fully saturated rings. The van der Waals surface area contributed by atoms with E-state index in [9.17, 15) is 0 Å². The van der Waals surface area contributed by atoms with Gasteiger partial charge in [0.1, 0.15) is 5.75 Å². The van der Waals surface area contributed by atoms with Crippen LogP contribution in [0.5, 0.6) is 5.75 Å². The standard InChI is InChI=1S/C17H18Br2O/c1-3-10-20-16-9-8-14(11-15(16)18)17(19)13-6-4-12(2)5-7-13/h4-9,11,17H,3,10H2,1-2H3. The van der Waals surface area contributed by atoms with Crippen LogP contribution >= 0.6 is 31.9 Å². The molecular weight excluding hydrogens is 380 g/mol. The molecule has 1 nitrogen and oxygen atoms in total. The molecule has 1 unspecified atom stereocenters. The third-order valence-corrected chi connectivity index (χ3v) is 4.76. The number of rotatable bonds is 5. The minimum absolute atomic E-state index is 0.194. The Labute approximate surface area is 137 Å². The molecular formula is C17H18Br2O. The van der Waals surface area contributed by atoms with Crippen LogP contribution in [0.15, 0.2) is 46.9 Å². The van der Waals surface area contributed by atoms with Gasteiger partial charge in [-0.1, -0.05) is 58.7 Å². The Morgan fingerprint density at radius 2 is 1.70 bits per heavy atom. The minimum Gasteiger partial charge on any atom is -0.492 e. The molecule has 0 saturated heterocycles. The van der Waals surface area contributed by atoms with Crippen molar-refractivity contribution in [2.75, 3.05) is 6.61 Å². The van der Waals surface area contributed by atoms with Crippen LogP contribution in [-0.4, -0.2) is 6.61 Å². The maximum Gasteiger partial charge on any atom is 0.133 e. The summed E-state index contributed by atoms with van der Waals surface area (Å²) < 4.78 is 6.68. The summed E-state index contributed by atoms with van der Waals surface area (Å²) in [6.07, 6.45) is 1.01. The highest BCUT2D eigenvalue weighted by Crippen LogP contribution is 2.35. The minimum atomic E-state index is 0.194. The van der Waals surface area contributed by atoms with Crippen molar-refractivity contribution in [2.45, 2.75) is 25.1 Å². The topological polar surface area (TPSA) is 9.23 Å². The van der Waals surface area contributed by atoms with E-state index >= 15 is 0 Å². The molecule has 106 valence electrons. The van der Waals surface area contributed by atoms with E-state index in [4.69, 9.17) is 4.74 Å². The summed E-state index contributed by atoms with van der Waals surface area (Å²) in [6, 6.07) is 14.8. The van der Waals surface area contributed by atoms with Crippen LogP contribution < -0.4 is 4.74 Å². The molecule has 2 aromatic carbocycles. The number of alkyl halides is 1. The van der Waals surface area contributed by atoms with Gasteiger partial charge in [0.15, 0.2) is 0 Å². The van der Waals surface area contributed by atoms with Crippen molar-refractivity contribution in [1.82, 2.24) is 0 Å². The zero-order valence-electron chi connectivity index (χ0n) is 11.7. The fourth-order valence-electron chi connectivity index (χ4n) is 1.93. The Hall–Kier alpha value is -0.800. The average molecular weight is 398 g/mol. The second-order valence-corrected chi connectivity index (χ2v) is 6.58. The van der Waals surface area contributed by atoms with Gasteiger partial charge < -0.3 is 4.74 Å². The molecule has 0 amide bonds. The van der Waals surface area contributed by atoms with Gasteiger partial charge in [-0.3, -0.25) is 0 Å². The van der Waals surface area contributed by atoms with Gasteiger partial charge in [0.25, 0.3) is 0 Å². The molecule has 1 atom stereocenters. The van der Waals surface area contributed by atoms with Crippen molar-refractivity contribution in [3.05, 3.63) is 63.6 Å². The van der Waals surface area contributed by atoms with E-state index in [1.165, 1.54) is 16.7 Å². The van der Waals surface area contributed by atoms with Gasteiger partial charge >= 0.3 is 0 Å². The van der Waals surface area contributed by atoms with Gasteiger partial charge in [-0.15, -0.1) is 0 Å². The highest BCUT2D eigenvalue weighted by molar-refractivity contribution is 9.10. The van der Waals surface area contributed by atoms with E-state index in [1.807, 2.05) is 6.07 Å². The van der Waals surface area contributed by atoms with Crippen molar-refractivity contribution in [2.24, 2.45) is 0 Å². The van der Waals surface area contributed by atoms with Crippen molar-refractivity contribution < 1.29 is 4.74 Å². The van der Waals surface area contributed by atoms with Crippen LogP contribution in [0.3, 0.4) is 0 Å². The fraction of sp³-hybridized carbons (Fsp3) is 0.294. The quantitative estimate of drug-likeness (QED) is 0.559. The van der Waals surface area contributed by atoms with E-state index in [0.717, 1.165) is 23.2 Å². The largest absolute Gasteiger partial charge is 0.492 e. The summed E-state index contributed by atoms with van der Waals surface area (Å²) in [5.74, 6) is 0.902. The lowest BCUT2D eigenvalue weighted by molar-refractivity contribution is 0.315. The third-order valence-electron chi connectivity index (χ3n) is 3.08. The predicted octanol–water partition coefficient (Wildman–Crippen LogP) is 6.03. The molecule has 2 aromatic rings. The smallest absolute Gasteiger partial charge is 0.133 e. The summed E-state index contributed by atoms with van der Waals surface area (Å²) in [6.45, 7) is 4.95. The average Bonchev–Trinajstić information content (AvgIpc) is 2.46. The summed E-state index contributed by atoms with van der Waals surface area (Å²) in [7, 11) is 0. The molecule has 0 aromatic heterocycles. The van der Waals surface area contributed by atoms with Crippen LogP contribution in [0.25, 0.3) is 0 Å². The lowest BCUT2D eigenvalue weighted by atomic mass is 10.0. The van der Waals surface area contributed by atoms with Crippen LogP contribution in [0.4, 0.5) is 0 Å². The number of hydrogen-bond donors (Lipinski definition) is 0. The first-order chi connectivity index (χ1) is 9.61. The van der Waals surface area contributed by atoms with E-state index in [-0.39, 0.29) is 4.83 Å². The molecule has 0 N–H and O–H groups in total. The van der Waals surface area contributed by atoms with Crippen molar-refractivity contribution in [1.29, 1.82) is 0 Å². The maximum absolute atomic E-state index is 5.68. The molecule has 3 heteroatoms. The maximum atomic E-state index is 5.68. The third kappa shape index (κ3) is 3.86. The summed E-state index contributed by atoms with van der Waals surface area (Å²) in [5.41, 5.74) is 3.74. The first kappa shape index (κ1) is 15.6.